The van der Waals surface area contributed by atoms with Gasteiger partial charge in [0.2, 0.25) is 5.91 Å². The van der Waals surface area contributed by atoms with Crippen molar-refractivity contribution in [1.82, 2.24) is 9.80 Å². The minimum Gasteiger partial charge on any atom is -0.396 e. The largest absolute Gasteiger partial charge is 0.396 e. The van der Waals surface area contributed by atoms with Crippen LogP contribution in [0.1, 0.15) is 13.8 Å². The highest BCUT2D eigenvalue weighted by molar-refractivity contribution is 5.78. The standard InChI is InChI=1S/C10H20N2O2/c1-3-12(4-2)10(14)7-11-5-9(6-11)8-13/h9,13H,3-8H2,1-2H3. The van der Waals surface area contributed by atoms with Crippen LogP contribution in [0.3, 0.4) is 0 Å². The van der Waals surface area contributed by atoms with Crippen LogP contribution in [0.25, 0.3) is 0 Å². The van der Waals surface area contributed by atoms with E-state index in [9.17, 15) is 4.79 Å². The fourth-order valence-corrected chi connectivity index (χ4v) is 1.79. The van der Waals surface area contributed by atoms with E-state index >= 15 is 0 Å². The van der Waals surface area contributed by atoms with E-state index in [-0.39, 0.29) is 12.5 Å². The normalized spacial score (nSPS) is 17.9. The maximum Gasteiger partial charge on any atom is 0.236 e. The SMILES string of the molecule is CCN(CC)C(=O)CN1CC(CO)C1. The molecule has 1 rings (SSSR count). The number of hydrogen-bond donors (Lipinski definition) is 1. The van der Waals surface area contributed by atoms with Crippen molar-refractivity contribution < 1.29 is 9.90 Å². The first-order chi connectivity index (χ1) is 6.71. The van der Waals surface area contributed by atoms with Gasteiger partial charge < -0.3 is 10.0 Å². The zero-order valence-electron chi connectivity index (χ0n) is 9.07. The molecule has 0 radical (unpaired) electrons. The first-order valence-electron chi connectivity index (χ1n) is 5.32. The smallest absolute Gasteiger partial charge is 0.236 e. The molecule has 82 valence electrons. The summed E-state index contributed by atoms with van der Waals surface area (Å²) in [4.78, 5) is 15.5. The molecule has 1 aliphatic rings. The third-order valence-electron chi connectivity index (χ3n) is 2.77. The Balaban J connectivity index is 2.21. The van der Waals surface area contributed by atoms with Crippen molar-refractivity contribution in [3.05, 3.63) is 0 Å². The summed E-state index contributed by atoms with van der Waals surface area (Å²) in [6.07, 6.45) is 0. The third kappa shape index (κ3) is 2.69. The second-order valence-electron chi connectivity index (χ2n) is 3.81. The van der Waals surface area contributed by atoms with Gasteiger partial charge in [-0.3, -0.25) is 9.69 Å². The zero-order valence-corrected chi connectivity index (χ0v) is 9.07. The van der Waals surface area contributed by atoms with Gasteiger partial charge in [-0.2, -0.15) is 0 Å². The summed E-state index contributed by atoms with van der Waals surface area (Å²) in [5.74, 6) is 0.589. The van der Waals surface area contributed by atoms with E-state index < -0.39 is 0 Å². The molecule has 1 N–H and O–H groups in total. The Morgan fingerprint density at radius 1 is 1.43 bits per heavy atom. The summed E-state index contributed by atoms with van der Waals surface area (Å²) < 4.78 is 0. The van der Waals surface area contributed by atoms with Crippen LogP contribution >= 0.6 is 0 Å². The number of rotatable bonds is 5. The molecule has 0 unspecified atom stereocenters. The second-order valence-corrected chi connectivity index (χ2v) is 3.81. The molecule has 0 aromatic rings. The number of likely N-dealkylation sites (N-methyl/N-ethyl adjacent to an activating group) is 1. The van der Waals surface area contributed by atoms with Gasteiger partial charge in [0.15, 0.2) is 0 Å². The van der Waals surface area contributed by atoms with Crippen LogP contribution in [0.15, 0.2) is 0 Å². The maximum atomic E-state index is 11.6. The molecule has 1 heterocycles. The fraction of sp³-hybridized carbons (Fsp3) is 0.900. The van der Waals surface area contributed by atoms with Crippen molar-refractivity contribution in [2.24, 2.45) is 5.92 Å². The molecule has 0 saturated carbocycles. The van der Waals surface area contributed by atoms with Crippen LogP contribution in [0, 0.1) is 5.92 Å². The van der Waals surface area contributed by atoms with E-state index in [1.54, 1.807) is 0 Å². The van der Waals surface area contributed by atoms with Crippen molar-refractivity contribution in [2.45, 2.75) is 13.8 Å². The number of amides is 1. The lowest BCUT2D eigenvalue weighted by atomic mass is 10.0. The quantitative estimate of drug-likeness (QED) is 0.667. The summed E-state index contributed by atoms with van der Waals surface area (Å²) in [5, 5.41) is 8.82. The molecule has 0 atom stereocenters. The first-order valence-corrected chi connectivity index (χ1v) is 5.32. The van der Waals surface area contributed by atoms with Crippen molar-refractivity contribution >= 4 is 5.91 Å². The highest BCUT2D eigenvalue weighted by Gasteiger charge is 2.28. The Morgan fingerprint density at radius 2 is 2.00 bits per heavy atom. The number of carbonyl (C=O) groups is 1. The number of carbonyl (C=O) groups excluding carboxylic acids is 1. The van der Waals surface area contributed by atoms with Crippen LogP contribution < -0.4 is 0 Å². The maximum absolute atomic E-state index is 11.6. The van der Waals surface area contributed by atoms with Crippen molar-refractivity contribution in [1.29, 1.82) is 0 Å². The molecule has 1 amide bonds. The lowest BCUT2D eigenvalue weighted by molar-refractivity contribution is -0.134. The minimum atomic E-state index is 0.200. The predicted molar refractivity (Wildman–Crippen MR) is 54.9 cm³/mol. The molecule has 0 aromatic carbocycles. The van der Waals surface area contributed by atoms with E-state index in [1.165, 1.54) is 0 Å². The average Bonchev–Trinajstić information content (AvgIpc) is 2.12. The molecule has 1 fully saturated rings. The molecular formula is C10H20N2O2. The number of likely N-dealkylation sites (tertiary alicyclic amines) is 1. The zero-order chi connectivity index (χ0) is 10.6. The predicted octanol–water partition coefficient (Wildman–Crippen LogP) is -0.221. The Kier molecular flexibility index (Phi) is 4.35. The van der Waals surface area contributed by atoms with Gasteiger partial charge in [0.25, 0.3) is 0 Å². The van der Waals surface area contributed by atoms with E-state index in [2.05, 4.69) is 4.90 Å². The van der Waals surface area contributed by atoms with Crippen molar-refractivity contribution in [2.75, 3.05) is 39.3 Å². The summed E-state index contributed by atoms with van der Waals surface area (Å²) >= 11 is 0. The topological polar surface area (TPSA) is 43.8 Å². The minimum absolute atomic E-state index is 0.200. The first kappa shape index (κ1) is 11.5. The summed E-state index contributed by atoms with van der Waals surface area (Å²) in [6.45, 7) is 8.04. The van der Waals surface area contributed by atoms with Gasteiger partial charge in [-0.15, -0.1) is 0 Å². The summed E-state index contributed by atoms with van der Waals surface area (Å²) in [7, 11) is 0. The van der Waals surface area contributed by atoms with Crippen LogP contribution in [0.2, 0.25) is 0 Å². The molecular weight excluding hydrogens is 180 g/mol. The lowest BCUT2D eigenvalue weighted by Crippen LogP contribution is -2.52. The van der Waals surface area contributed by atoms with Gasteiger partial charge in [0, 0.05) is 38.7 Å². The van der Waals surface area contributed by atoms with Gasteiger partial charge in [-0.05, 0) is 13.8 Å². The Labute approximate surface area is 85.5 Å². The van der Waals surface area contributed by atoms with E-state index in [4.69, 9.17) is 5.11 Å². The third-order valence-corrected chi connectivity index (χ3v) is 2.77. The molecule has 0 aliphatic carbocycles. The molecule has 0 aromatic heterocycles. The number of aliphatic hydroxyl groups is 1. The average molecular weight is 200 g/mol. The van der Waals surface area contributed by atoms with Crippen molar-refractivity contribution in [3.8, 4) is 0 Å². The molecule has 14 heavy (non-hydrogen) atoms. The van der Waals surface area contributed by atoms with Crippen molar-refractivity contribution in [3.63, 3.8) is 0 Å². The number of nitrogens with zero attached hydrogens (tertiary/aromatic N) is 2. The van der Waals surface area contributed by atoms with Crippen LogP contribution in [0.5, 0.6) is 0 Å². The number of hydrogen-bond acceptors (Lipinski definition) is 3. The Hall–Kier alpha value is -0.610. The van der Waals surface area contributed by atoms with Gasteiger partial charge >= 0.3 is 0 Å². The molecule has 1 saturated heterocycles. The van der Waals surface area contributed by atoms with E-state index in [0.29, 0.717) is 12.5 Å². The van der Waals surface area contributed by atoms with E-state index in [0.717, 1.165) is 26.2 Å². The lowest BCUT2D eigenvalue weighted by Gasteiger charge is -2.38. The summed E-state index contributed by atoms with van der Waals surface area (Å²) in [5.41, 5.74) is 0. The molecule has 0 bridgehead atoms. The molecule has 1 aliphatic heterocycles. The fourth-order valence-electron chi connectivity index (χ4n) is 1.79. The van der Waals surface area contributed by atoms with Crippen LogP contribution in [-0.4, -0.2) is 60.1 Å². The number of aliphatic hydroxyl groups excluding tert-OH is 1. The van der Waals surface area contributed by atoms with E-state index in [1.807, 2.05) is 18.7 Å². The summed E-state index contributed by atoms with van der Waals surface area (Å²) in [6, 6.07) is 0. The van der Waals surface area contributed by atoms with Gasteiger partial charge in [0.05, 0.1) is 6.54 Å². The highest BCUT2D eigenvalue weighted by atomic mass is 16.3. The monoisotopic (exact) mass is 200 g/mol. The van der Waals surface area contributed by atoms with Gasteiger partial charge in [-0.25, -0.2) is 0 Å². The second kappa shape index (κ2) is 5.32. The van der Waals surface area contributed by atoms with Gasteiger partial charge in [-0.1, -0.05) is 0 Å². The van der Waals surface area contributed by atoms with Gasteiger partial charge in [0.1, 0.15) is 0 Å². The van der Waals surface area contributed by atoms with Crippen LogP contribution in [-0.2, 0) is 4.79 Å². The molecule has 0 spiro atoms. The van der Waals surface area contributed by atoms with Crippen LogP contribution in [0.4, 0.5) is 0 Å². The Morgan fingerprint density at radius 3 is 2.43 bits per heavy atom. The molecule has 4 heteroatoms. The highest BCUT2D eigenvalue weighted by Crippen LogP contribution is 2.13. The molecule has 4 nitrogen and oxygen atoms in total. The Bertz CT molecular complexity index is 187.